The third-order valence-electron chi connectivity index (χ3n) is 3.97. The highest BCUT2D eigenvalue weighted by Crippen LogP contribution is 2.19. The molecule has 142 valence electrons. The quantitative estimate of drug-likeness (QED) is 0.293. The third-order valence-corrected chi connectivity index (χ3v) is 4.44. The van der Waals surface area contributed by atoms with Gasteiger partial charge in [-0.1, -0.05) is 33.6 Å². The lowest BCUT2D eigenvalue weighted by Gasteiger charge is -2.21. The number of hydrogen-bond acceptors (Lipinski definition) is 4. The van der Waals surface area contributed by atoms with Crippen LogP contribution in [0.1, 0.15) is 65.7 Å². The minimum Gasteiger partial charge on any atom is -0.361 e. The molecule has 0 spiro atoms. The van der Waals surface area contributed by atoms with Gasteiger partial charge in [0.25, 0.3) is 0 Å². The van der Waals surface area contributed by atoms with E-state index in [1.54, 1.807) is 0 Å². The lowest BCUT2D eigenvalue weighted by Crippen LogP contribution is -2.37. The summed E-state index contributed by atoms with van der Waals surface area (Å²) in [6, 6.07) is 0. The maximum absolute atomic E-state index is 5.25. The summed E-state index contributed by atoms with van der Waals surface area (Å²) in [4.78, 5) is 0. The van der Waals surface area contributed by atoms with Crippen molar-refractivity contribution in [2.45, 2.75) is 65.7 Å². The van der Waals surface area contributed by atoms with E-state index in [2.05, 4.69) is 52.5 Å². The lowest BCUT2D eigenvalue weighted by atomic mass is 9.88. The Morgan fingerprint density at radius 1 is 0.960 bits per heavy atom. The van der Waals surface area contributed by atoms with E-state index >= 15 is 0 Å². The zero-order valence-corrected chi connectivity index (χ0v) is 17.3. The molecule has 1 saturated carbocycles. The summed E-state index contributed by atoms with van der Waals surface area (Å²) in [6.07, 6.45) is 7.34. The molecule has 1 atom stereocenters. The molecule has 0 bridgehead atoms. The average molecular weight is 385 g/mol. The summed E-state index contributed by atoms with van der Waals surface area (Å²) in [7, 11) is 0. The van der Waals surface area contributed by atoms with Crippen LogP contribution in [0.15, 0.2) is 10.2 Å². The van der Waals surface area contributed by atoms with Crippen LogP contribution in [-0.2, 0) is 0 Å². The number of hydrogen-bond donors (Lipinski definition) is 4. The van der Waals surface area contributed by atoms with Crippen LogP contribution in [-0.4, -0.2) is 34.7 Å². The molecule has 4 N–H and O–H groups in total. The van der Waals surface area contributed by atoms with Gasteiger partial charge in [0.1, 0.15) is 0 Å². The smallest absolute Gasteiger partial charge is 0.186 e. The molecular formula is C17H32N6S2. The summed E-state index contributed by atoms with van der Waals surface area (Å²) in [6.45, 7) is 8.26. The zero-order chi connectivity index (χ0) is 18.5. The Balaban J connectivity index is 2.56. The normalized spacial score (nSPS) is 20.4. The molecule has 8 heteroatoms. The predicted molar refractivity (Wildman–Crippen MR) is 115 cm³/mol. The molecule has 0 aromatic rings. The van der Waals surface area contributed by atoms with Crippen LogP contribution in [0.5, 0.6) is 0 Å². The van der Waals surface area contributed by atoms with Crippen molar-refractivity contribution in [2.24, 2.45) is 16.1 Å². The molecule has 1 fully saturated rings. The van der Waals surface area contributed by atoms with Crippen molar-refractivity contribution in [1.29, 1.82) is 0 Å². The number of hydrazone groups is 2. The SMILES string of the molecule is CCCCNC(=S)N/N=C1\CCC(C)C\C1=N/NC(=S)NCCCC. The molecule has 1 aliphatic carbocycles. The molecule has 0 aliphatic heterocycles. The Labute approximate surface area is 162 Å². The fraction of sp³-hybridized carbons (Fsp3) is 0.765. The molecule has 0 heterocycles. The zero-order valence-electron chi connectivity index (χ0n) is 15.7. The van der Waals surface area contributed by atoms with Crippen molar-refractivity contribution in [1.82, 2.24) is 21.5 Å². The van der Waals surface area contributed by atoms with E-state index in [4.69, 9.17) is 24.4 Å². The van der Waals surface area contributed by atoms with Crippen molar-refractivity contribution in [3.63, 3.8) is 0 Å². The van der Waals surface area contributed by atoms with Crippen LogP contribution in [0.25, 0.3) is 0 Å². The van der Waals surface area contributed by atoms with Crippen LogP contribution in [0.3, 0.4) is 0 Å². The van der Waals surface area contributed by atoms with Crippen LogP contribution >= 0.6 is 24.4 Å². The maximum atomic E-state index is 5.25. The first-order valence-electron chi connectivity index (χ1n) is 9.27. The van der Waals surface area contributed by atoms with E-state index < -0.39 is 0 Å². The number of unbranched alkanes of at least 4 members (excludes halogenated alkanes) is 2. The first-order chi connectivity index (χ1) is 12.1. The van der Waals surface area contributed by atoms with Gasteiger partial charge in [0, 0.05) is 13.1 Å². The average Bonchev–Trinajstić information content (AvgIpc) is 2.59. The Morgan fingerprint density at radius 3 is 2.00 bits per heavy atom. The van der Waals surface area contributed by atoms with E-state index in [9.17, 15) is 0 Å². The van der Waals surface area contributed by atoms with E-state index in [-0.39, 0.29) is 0 Å². The van der Waals surface area contributed by atoms with Crippen LogP contribution in [0.2, 0.25) is 0 Å². The van der Waals surface area contributed by atoms with E-state index in [0.717, 1.165) is 69.5 Å². The number of rotatable bonds is 8. The maximum Gasteiger partial charge on any atom is 0.186 e. The summed E-state index contributed by atoms with van der Waals surface area (Å²) < 4.78 is 0. The monoisotopic (exact) mass is 384 g/mol. The van der Waals surface area contributed by atoms with Crippen LogP contribution in [0, 0.1) is 5.92 Å². The highest BCUT2D eigenvalue weighted by atomic mass is 32.1. The summed E-state index contributed by atoms with van der Waals surface area (Å²) in [5, 5.41) is 16.4. The van der Waals surface area contributed by atoms with Crippen LogP contribution in [0.4, 0.5) is 0 Å². The summed E-state index contributed by atoms with van der Waals surface area (Å²) in [5.74, 6) is 0.593. The number of nitrogens with one attached hydrogen (secondary N) is 4. The Kier molecular flexibility index (Phi) is 11.3. The topological polar surface area (TPSA) is 72.8 Å². The van der Waals surface area contributed by atoms with Crippen molar-refractivity contribution >= 4 is 46.1 Å². The van der Waals surface area contributed by atoms with Gasteiger partial charge in [0.05, 0.1) is 11.4 Å². The first kappa shape index (κ1) is 21.8. The van der Waals surface area contributed by atoms with Crippen molar-refractivity contribution < 1.29 is 0 Å². The molecule has 0 amide bonds. The number of thiocarbonyl (C=S) groups is 2. The van der Waals surface area contributed by atoms with Crippen molar-refractivity contribution in [2.75, 3.05) is 13.1 Å². The summed E-state index contributed by atoms with van der Waals surface area (Å²) in [5.41, 5.74) is 7.77. The molecule has 0 aromatic carbocycles. The summed E-state index contributed by atoms with van der Waals surface area (Å²) >= 11 is 10.5. The second kappa shape index (κ2) is 13.0. The molecule has 25 heavy (non-hydrogen) atoms. The molecule has 1 rings (SSSR count). The van der Waals surface area contributed by atoms with E-state index in [1.165, 1.54) is 0 Å². The van der Waals surface area contributed by atoms with Crippen LogP contribution < -0.4 is 21.5 Å². The Hall–Kier alpha value is -1.28. The highest BCUT2D eigenvalue weighted by molar-refractivity contribution is 7.80. The van der Waals surface area contributed by atoms with Crippen molar-refractivity contribution in [3.05, 3.63) is 0 Å². The third kappa shape index (κ3) is 9.69. The molecule has 1 unspecified atom stereocenters. The lowest BCUT2D eigenvalue weighted by molar-refractivity contribution is 0.554. The first-order valence-corrected chi connectivity index (χ1v) is 10.1. The van der Waals surface area contributed by atoms with Gasteiger partial charge < -0.3 is 10.6 Å². The van der Waals surface area contributed by atoms with Gasteiger partial charge in [-0.3, -0.25) is 10.9 Å². The Bertz CT molecular complexity index is 490. The Morgan fingerprint density at radius 2 is 1.48 bits per heavy atom. The molecule has 1 aliphatic rings. The van der Waals surface area contributed by atoms with Gasteiger partial charge >= 0.3 is 0 Å². The van der Waals surface area contributed by atoms with E-state index in [0.29, 0.717) is 16.1 Å². The van der Waals surface area contributed by atoms with Crippen molar-refractivity contribution in [3.8, 4) is 0 Å². The van der Waals surface area contributed by atoms with Gasteiger partial charge in [0.15, 0.2) is 10.2 Å². The second-order valence-corrected chi connectivity index (χ2v) is 7.22. The van der Waals surface area contributed by atoms with Gasteiger partial charge in [-0.25, -0.2) is 0 Å². The standard InChI is InChI=1S/C17H32N6S2/c1-4-6-10-18-16(24)22-20-14-9-8-13(3)12-15(14)21-23-17(25)19-11-7-5-2/h13H,4-12H2,1-3H3,(H2,18,22,24)(H2,19,23,25)/b20-14+,21-15+. The van der Waals surface area contributed by atoms with Gasteiger partial charge in [-0.2, -0.15) is 10.2 Å². The predicted octanol–water partition coefficient (Wildman–Crippen LogP) is 3.05. The second-order valence-electron chi connectivity index (χ2n) is 6.41. The van der Waals surface area contributed by atoms with Gasteiger partial charge in [-0.05, 0) is 62.5 Å². The fourth-order valence-electron chi connectivity index (χ4n) is 2.38. The van der Waals surface area contributed by atoms with Gasteiger partial charge in [0.2, 0.25) is 0 Å². The van der Waals surface area contributed by atoms with Gasteiger partial charge in [-0.15, -0.1) is 0 Å². The molecule has 0 aromatic heterocycles. The fourth-order valence-corrected chi connectivity index (χ4v) is 2.68. The molecule has 0 saturated heterocycles. The largest absolute Gasteiger partial charge is 0.361 e. The molecule has 0 radical (unpaired) electrons. The highest BCUT2D eigenvalue weighted by Gasteiger charge is 2.21. The van der Waals surface area contributed by atoms with E-state index in [1.807, 2.05) is 0 Å². The number of nitrogens with zero attached hydrogens (tertiary/aromatic N) is 2. The molecular weight excluding hydrogens is 352 g/mol. The minimum absolute atomic E-state index is 0.559. The molecule has 6 nitrogen and oxygen atoms in total. The minimum atomic E-state index is 0.559.